The van der Waals surface area contributed by atoms with E-state index in [1.807, 2.05) is 0 Å². The Kier molecular flexibility index (Phi) is 4.66. The van der Waals surface area contributed by atoms with Crippen LogP contribution in [0.5, 0.6) is 0 Å². The molecule has 0 radical (unpaired) electrons. The van der Waals surface area contributed by atoms with Crippen molar-refractivity contribution in [1.82, 2.24) is 9.97 Å². The molecule has 1 aromatic rings. The molecule has 0 saturated carbocycles. The molecule has 0 saturated heterocycles. The number of halogens is 3. The van der Waals surface area contributed by atoms with E-state index in [0.717, 1.165) is 12.4 Å². The van der Waals surface area contributed by atoms with Gasteiger partial charge in [0.1, 0.15) is 6.42 Å². The Hall–Kier alpha value is -2.10. The molecule has 96 valence electrons. The summed E-state index contributed by atoms with van der Waals surface area (Å²) in [4.78, 5) is 17.2. The van der Waals surface area contributed by atoms with Gasteiger partial charge in [-0.15, -0.1) is 0 Å². The molecule has 18 heavy (non-hydrogen) atoms. The predicted molar refractivity (Wildman–Crippen MR) is 55.2 cm³/mol. The van der Waals surface area contributed by atoms with Crippen LogP contribution >= 0.6 is 0 Å². The van der Waals surface area contributed by atoms with E-state index in [2.05, 4.69) is 26.5 Å². The molecule has 0 aromatic carbocycles. The number of carbonyl (C=O) groups is 1. The first-order valence-electron chi connectivity index (χ1n) is 4.97. The third-order valence-corrected chi connectivity index (χ3v) is 1.68. The van der Waals surface area contributed by atoms with Gasteiger partial charge in [-0.3, -0.25) is 4.79 Å². The number of rotatable bonds is 2. The smallest absolute Gasteiger partial charge is 0.451 e. The van der Waals surface area contributed by atoms with Crippen LogP contribution < -0.4 is 0 Å². The number of ether oxygens (including phenoxy) is 1. The third kappa shape index (κ3) is 4.41. The first kappa shape index (κ1) is 14.0. The fraction of sp³-hybridized carbons (Fsp3) is 0.364. The van der Waals surface area contributed by atoms with Crippen molar-refractivity contribution in [3.8, 4) is 11.8 Å². The Morgan fingerprint density at radius 2 is 2.00 bits per heavy atom. The molecule has 4 nitrogen and oxygen atoms in total. The number of hydrogen-bond acceptors (Lipinski definition) is 4. The standard InChI is InChI=1S/C11H9F3N2O2/c1-2-18-9(17)5-3-4-8-6-15-10(16-7-8)11(12,13)14/h6-7H,2,5H2,1H3. The number of esters is 1. The van der Waals surface area contributed by atoms with Crippen molar-refractivity contribution in [1.29, 1.82) is 0 Å². The zero-order valence-corrected chi connectivity index (χ0v) is 9.41. The zero-order chi connectivity index (χ0) is 13.6. The van der Waals surface area contributed by atoms with Crippen LogP contribution in [-0.2, 0) is 15.7 Å². The molecule has 0 fully saturated rings. The van der Waals surface area contributed by atoms with Crippen LogP contribution in [-0.4, -0.2) is 22.5 Å². The average molecular weight is 258 g/mol. The van der Waals surface area contributed by atoms with Crippen LogP contribution in [0.4, 0.5) is 13.2 Å². The van der Waals surface area contributed by atoms with Crippen LogP contribution in [0.15, 0.2) is 12.4 Å². The second kappa shape index (κ2) is 6.00. The lowest BCUT2D eigenvalue weighted by atomic mass is 10.3. The molecule has 7 heteroatoms. The third-order valence-electron chi connectivity index (χ3n) is 1.68. The number of carbonyl (C=O) groups excluding carboxylic acids is 1. The van der Waals surface area contributed by atoms with Crippen LogP contribution in [0.1, 0.15) is 24.7 Å². The summed E-state index contributed by atoms with van der Waals surface area (Å²) in [6.45, 7) is 1.92. The molecule has 0 bridgehead atoms. The highest BCUT2D eigenvalue weighted by molar-refractivity contribution is 5.72. The van der Waals surface area contributed by atoms with E-state index in [0.29, 0.717) is 0 Å². The highest BCUT2D eigenvalue weighted by Gasteiger charge is 2.34. The maximum atomic E-state index is 12.1. The number of aromatic nitrogens is 2. The zero-order valence-electron chi connectivity index (χ0n) is 9.41. The summed E-state index contributed by atoms with van der Waals surface area (Å²) in [5.74, 6) is 3.22. The first-order valence-corrected chi connectivity index (χ1v) is 4.97. The van der Waals surface area contributed by atoms with Gasteiger partial charge >= 0.3 is 12.1 Å². The van der Waals surface area contributed by atoms with Gasteiger partial charge in [0.25, 0.3) is 0 Å². The molecule has 0 spiro atoms. The summed E-state index contributed by atoms with van der Waals surface area (Å²) in [6, 6.07) is 0. The highest BCUT2D eigenvalue weighted by Crippen LogP contribution is 2.25. The number of hydrogen-bond donors (Lipinski definition) is 0. The molecule has 1 heterocycles. The molecule has 0 aliphatic carbocycles. The van der Waals surface area contributed by atoms with Gasteiger partial charge in [0.15, 0.2) is 0 Å². The molecule has 0 aliphatic heterocycles. The summed E-state index contributed by atoms with van der Waals surface area (Å²) >= 11 is 0. The SMILES string of the molecule is CCOC(=O)CC#Cc1cnc(C(F)(F)F)nc1. The first-order chi connectivity index (χ1) is 8.43. The second-order valence-corrected chi connectivity index (χ2v) is 3.08. The van der Waals surface area contributed by atoms with Crippen molar-refractivity contribution in [2.24, 2.45) is 0 Å². The lowest BCUT2D eigenvalue weighted by molar-refractivity contribution is -0.145. The monoisotopic (exact) mass is 258 g/mol. The summed E-state index contributed by atoms with van der Waals surface area (Å²) in [6.07, 6.45) is -2.80. The van der Waals surface area contributed by atoms with E-state index >= 15 is 0 Å². The summed E-state index contributed by atoms with van der Waals surface area (Å²) in [7, 11) is 0. The fourth-order valence-electron chi connectivity index (χ4n) is 0.969. The van der Waals surface area contributed by atoms with Crippen molar-refractivity contribution in [3.63, 3.8) is 0 Å². The minimum atomic E-state index is -4.57. The lowest BCUT2D eigenvalue weighted by Crippen LogP contribution is -2.10. The van der Waals surface area contributed by atoms with Crippen LogP contribution in [0.2, 0.25) is 0 Å². The minimum Gasteiger partial charge on any atom is -0.465 e. The van der Waals surface area contributed by atoms with Crippen molar-refractivity contribution in [3.05, 3.63) is 23.8 Å². The summed E-state index contributed by atoms with van der Waals surface area (Å²) in [5, 5.41) is 0. The number of alkyl halides is 3. The molecule has 0 amide bonds. The van der Waals surface area contributed by atoms with Gasteiger partial charge in [-0.1, -0.05) is 11.8 Å². The summed E-state index contributed by atoms with van der Waals surface area (Å²) < 4.78 is 41.0. The van der Waals surface area contributed by atoms with Crippen LogP contribution in [0.25, 0.3) is 0 Å². The molecule has 0 aliphatic rings. The Bertz CT molecular complexity index is 472. The average Bonchev–Trinajstić information content (AvgIpc) is 2.29. The normalized spacial score (nSPS) is 10.4. The quantitative estimate of drug-likeness (QED) is 0.599. The van der Waals surface area contributed by atoms with E-state index in [-0.39, 0.29) is 18.6 Å². The molecule has 1 rings (SSSR count). The lowest BCUT2D eigenvalue weighted by Gasteiger charge is -2.02. The van der Waals surface area contributed by atoms with E-state index < -0.39 is 18.0 Å². The molecule has 0 atom stereocenters. The van der Waals surface area contributed by atoms with Gasteiger partial charge < -0.3 is 4.74 Å². The number of nitrogens with zero attached hydrogens (tertiary/aromatic N) is 2. The van der Waals surface area contributed by atoms with E-state index in [1.54, 1.807) is 6.92 Å². The molecule has 1 aromatic heterocycles. The Morgan fingerprint density at radius 1 is 1.39 bits per heavy atom. The molecular weight excluding hydrogens is 249 g/mol. The maximum Gasteiger partial charge on any atom is 0.451 e. The minimum absolute atomic E-state index is 0.130. The van der Waals surface area contributed by atoms with E-state index in [1.165, 1.54) is 0 Å². The van der Waals surface area contributed by atoms with Crippen molar-refractivity contribution in [2.45, 2.75) is 19.5 Å². The molecule has 0 N–H and O–H groups in total. The Balaban J connectivity index is 2.65. The topological polar surface area (TPSA) is 52.1 Å². The maximum absolute atomic E-state index is 12.1. The molecule has 0 unspecified atom stereocenters. The van der Waals surface area contributed by atoms with Gasteiger partial charge in [-0.2, -0.15) is 13.2 Å². The van der Waals surface area contributed by atoms with Crippen LogP contribution in [0.3, 0.4) is 0 Å². The van der Waals surface area contributed by atoms with E-state index in [9.17, 15) is 18.0 Å². The van der Waals surface area contributed by atoms with Crippen molar-refractivity contribution >= 4 is 5.97 Å². The Labute approximate surface area is 101 Å². The van der Waals surface area contributed by atoms with Crippen molar-refractivity contribution in [2.75, 3.05) is 6.61 Å². The van der Waals surface area contributed by atoms with Crippen LogP contribution in [0, 0.1) is 11.8 Å². The fourth-order valence-corrected chi connectivity index (χ4v) is 0.969. The van der Waals surface area contributed by atoms with Gasteiger partial charge in [0.05, 0.1) is 12.2 Å². The Morgan fingerprint density at radius 3 is 2.50 bits per heavy atom. The highest BCUT2D eigenvalue weighted by atomic mass is 19.4. The van der Waals surface area contributed by atoms with Gasteiger partial charge in [0, 0.05) is 12.4 Å². The second-order valence-electron chi connectivity index (χ2n) is 3.08. The van der Waals surface area contributed by atoms with Crippen molar-refractivity contribution < 1.29 is 22.7 Å². The predicted octanol–water partition coefficient (Wildman–Crippen LogP) is 1.80. The van der Waals surface area contributed by atoms with E-state index in [4.69, 9.17) is 0 Å². The summed E-state index contributed by atoms with van der Waals surface area (Å²) in [5.41, 5.74) is 0.201. The largest absolute Gasteiger partial charge is 0.465 e. The van der Waals surface area contributed by atoms with Gasteiger partial charge in [-0.25, -0.2) is 9.97 Å². The molecular formula is C11H9F3N2O2. The van der Waals surface area contributed by atoms with Gasteiger partial charge in [0.2, 0.25) is 5.82 Å². The van der Waals surface area contributed by atoms with Gasteiger partial charge in [-0.05, 0) is 6.92 Å².